The molecule has 0 aliphatic carbocycles. The molecule has 0 bridgehead atoms. The first-order valence-corrected chi connectivity index (χ1v) is 15.1. The lowest BCUT2D eigenvalue weighted by Gasteiger charge is -2.15. The number of amides is 2. The quantitative estimate of drug-likeness (QED) is 0.184. The fourth-order valence-electron chi connectivity index (χ4n) is 5.12. The zero-order valence-electron chi connectivity index (χ0n) is 26.3. The number of nitrogens with zero attached hydrogens (tertiary/aromatic N) is 4. The molecule has 1 atom stereocenters. The maximum absolute atomic E-state index is 13.7. The Balaban J connectivity index is 1.21. The number of hydrogen-bond acceptors (Lipinski definition) is 6. The van der Waals surface area contributed by atoms with Gasteiger partial charge in [-0.25, -0.2) is 9.36 Å². The molecule has 2 amide bonds. The van der Waals surface area contributed by atoms with E-state index in [-0.39, 0.29) is 18.4 Å². The second-order valence-corrected chi connectivity index (χ2v) is 10.9. The van der Waals surface area contributed by atoms with Crippen molar-refractivity contribution < 1.29 is 19.1 Å². The number of para-hydroxylation sites is 2. The van der Waals surface area contributed by atoms with E-state index in [2.05, 4.69) is 10.6 Å². The molecule has 2 aromatic heterocycles. The molecule has 0 saturated carbocycles. The van der Waals surface area contributed by atoms with Crippen LogP contribution in [0.25, 0.3) is 33.9 Å². The highest BCUT2D eigenvalue weighted by molar-refractivity contribution is 6.01. The van der Waals surface area contributed by atoms with Crippen LogP contribution < -0.4 is 20.1 Å². The first-order valence-electron chi connectivity index (χ1n) is 15.1. The van der Waals surface area contributed by atoms with Crippen LogP contribution in [0.2, 0.25) is 0 Å². The molecule has 0 spiro atoms. The van der Waals surface area contributed by atoms with Crippen LogP contribution in [0, 0.1) is 0 Å². The molecule has 6 aromatic rings. The highest BCUT2D eigenvalue weighted by Crippen LogP contribution is 2.27. The van der Waals surface area contributed by atoms with Crippen molar-refractivity contribution in [1.29, 1.82) is 0 Å². The average Bonchev–Trinajstić information content (AvgIpc) is 3.78. The number of ether oxygens (including phenoxy) is 2. The number of carbonyl (C=O) groups excluding carboxylic acids is 2. The zero-order valence-corrected chi connectivity index (χ0v) is 26.3. The normalized spacial score (nSPS) is 11.5. The van der Waals surface area contributed by atoms with E-state index in [0.29, 0.717) is 34.0 Å². The van der Waals surface area contributed by atoms with Crippen molar-refractivity contribution in [3.63, 3.8) is 0 Å². The van der Waals surface area contributed by atoms with E-state index < -0.39 is 6.04 Å². The number of benzene rings is 4. The summed E-state index contributed by atoms with van der Waals surface area (Å²) in [4.78, 5) is 27.3. The number of carbonyl (C=O) groups is 2. The Morgan fingerprint density at radius 2 is 1.06 bits per heavy atom. The highest BCUT2D eigenvalue weighted by atomic mass is 16.5. The monoisotopic (exact) mass is 626 g/mol. The predicted octanol–water partition coefficient (Wildman–Crippen LogP) is 5.96. The van der Waals surface area contributed by atoms with Gasteiger partial charge in [0.1, 0.15) is 22.9 Å². The van der Waals surface area contributed by atoms with E-state index in [0.717, 1.165) is 22.5 Å². The minimum Gasteiger partial charge on any atom is -0.497 e. The summed E-state index contributed by atoms with van der Waals surface area (Å²) in [6.07, 6.45) is 3.43. The first-order chi connectivity index (χ1) is 22.9. The van der Waals surface area contributed by atoms with Crippen LogP contribution in [-0.4, -0.2) is 58.2 Å². The van der Waals surface area contributed by atoms with Crippen molar-refractivity contribution in [3.8, 4) is 45.4 Å². The lowest BCUT2D eigenvalue weighted by molar-refractivity contribution is 0.0913. The fourth-order valence-corrected chi connectivity index (χ4v) is 5.12. The van der Waals surface area contributed by atoms with Gasteiger partial charge in [0.15, 0.2) is 0 Å². The van der Waals surface area contributed by atoms with E-state index in [1.165, 1.54) is 0 Å². The van der Waals surface area contributed by atoms with E-state index in [1.807, 2.05) is 116 Å². The van der Waals surface area contributed by atoms with Gasteiger partial charge in [0.25, 0.3) is 11.8 Å². The van der Waals surface area contributed by atoms with Crippen LogP contribution in [0.1, 0.15) is 27.6 Å². The van der Waals surface area contributed by atoms with Crippen molar-refractivity contribution in [2.45, 2.75) is 13.0 Å². The number of aromatic nitrogens is 4. The minimum absolute atomic E-state index is 0.188. The summed E-state index contributed by atoms with van der Waals surface area (Å²) in [5.74, 6) is 0.790. The minimum atomic E-state index is -0.399. The third-order valence-electron chi connectivity index (χ3n) is 7.63. The molecule has 236 valence electrons. The van der Waals surface area contributed by atoms with E-state index in [4.69, 9.17) is 19.7 Å². The van der Waals surface area contributed by atoms with Crippen LogP contribution in [0.5, 0.6) is 11.5 Å². The molecule has 2 heterocycles. The summed E-state index contributed by atoms with van der Waals surface area (Å²) >= 11 is 0. The molecule has 10 heteroatoms. The SMILES string of the molecule is COc1ccc(-c2nn(-c3ccccc3)cc2C(=O)NC[C@H](C)NC(=O)c2cn(-c3ccccc3)nc2-c2ccc(OC)cc2)cc1. The summed E-state index contributed by atoms with van der Waals surface area (Å²) in [5, 5.41) is 15.5. The first kappa shape index (κ1) is 30.8. The van der Waals surface area contributed by atoms with Gasteiger partial charge in [-0.3, -0.25) is 9.59 Å². The molecular formula is C37H34N6O4. The third kappa shape index (κ3) is 6.91. The summed E-state index contributed by atoms with van der Waals surface area (Å²) in [6.45, 7) is 2.03. The molecule has 0 aliphatic heterocycles. The molecule has 0 radical (unpaired) electrons. The van der Waals surface area contributed by atoms with Gasteiger partial charge in [-0.1, -0.05) is 36.4 Å². The van der Waals surface area contributed by atoms with Crippen molar-refractivity contribution in [2.75, 3.05) is 20.8 Å². The van der Waals surface area contributed by atoms with Gasteiger partial charge in [-0.15, -0.1) is 0 Å². The second-order valence-electron chi connectivity index (χ2n) is 10.9. The Hall–Kier alpha value is -6.16. The van der Waals surface area contributed by atoms with Crippen molar-refractivity contribution in [3.05, 3.63) is 133 Å². The molecule has 0 fully saturated rings. The van der Waals surface area contributed by atoms with Crippen LogP contribution in [0.3, 0.4) is 0 Å². The Morgan fingerprint density at radius 1 is 0.638 bits per heavy atom. The largest absolute Gasteiger partial charge is 0.497 e. The Labute approximate surface area is 272 Å². The van der Waals surface area contributed by atoms with Crippen molar-refractivity contribution in [1.82, 2.24) is 30.2 Å². The number of hydrogen-bond donors (Lipinski definition) is 2. The maximum atomic E-state index is 13.7. The molecule has 10 nitrogen and oxygen atoms in total. The molecule has 0 saturated heterocycles. The van der Waals surface area contributed by atoms with Crippen molar-refractivity contribution >= 4 is 11.8 Å². The van der Waals surface area contributed by atoms with E-state index >= 15 is 0 Å². The summed E-state index contributed by atoms with van der Waals surface area (Å²) in [6, 6.07) is 33.6. The van der Waals surface area contributed by atoms with Crippen molar-refractivity contribution in [2.24, 2.45) is 0 Å². The molecule has 6 rings (SSSR count). The van der Waals surface area contributed by atoms with Gasteiger partial charge in [0, 0.05) is 36.1 Å². The van der Waals surface area contributed by atoms with Crippen LogP contribution in [0.4, 0.5) is 0 Å². The smallest absolute Gasteiger partial charge is 0.255 e. The number of methoxy groups -OCH3 is 2. The highest BCUT2D eigenvalue weighted by Gasteiger charge is 2.22. The molecule has 0 aliphatic rings. The predicted molar refractivity (Wildman–Crippen MR) is 180 cm³/mol. The summed E-state index contributed by atoms with van der Waals surface area (Å²) in [7, 11) is 3.21. The molecule has 0 unspecified atom stereocenters. The number of nitrogens with one attached hydrogen (secondary N) is 2. The Kier molecular flexibility index (Phi) is 9.10. The fraction of sp³-hybridized carbons (Fsp3) is 0.135. The molecule has 4 aromatic carbocycles. The lowest BCUT2D eigenvalue weighted by atomic mass is 10.1. The van der Waals surface area contributed by atoms with E-state index in [9.17, 15) is 9.59 Å². The maximum Gasteiger partial charge on any atom is 0.255 e. The lowest BCUT2D eigenvalue weighted by Crippen LogP contribution is -2.41. The van der Waals surface area contributed by atoms with Gasteiger partial charge >= 0.3 is 0 Å². The topological polar surface area (TPSA) is 112 Å². The molecule has 2 N–H and O–H groups in total. The van der Waals surface area contributed by atoms with Gasteiger partial charge < -0.3 is 20.1 Å². The average molecular weight is 627 g/mol. The van der Waals surface area contributed by atoms with Gasteiger partial charge in [0.2, 0.25) is 0 Å². The zero-order chi connectivity index (χ0) is 32.8. The summed E-state index contributed by atoms with van der Waals surface area (Å²) in [5.41, 5.74) is 5.06. The Morgan fingerprint density at radius 3 is 1.49 bits per heavy atom. The number of rotatable bonds is 11. The Bertz CT molecular complexity index is 1970. The van der Waals surface area contributed by atoms with Crippen LogP contribution in [0.15, 0.2) is 122 Å². The van der Waals surface area contributed by atoms with E-state index in [1.54, 1.807) is 36.0 Å². The van der Waals surface area contributed by atoms with Gasteiger partial charge in [-0.05, 0) is 79.7 Å². The van der Waals surface area contributed by atoms with Crippen LogP contribution >= 0.6 is 0 Å². The van der Waals surface area contributed by atoms with Gasteiger partial charge in [-0.2, -0.15) is 10.2 Å². The third-order valence-corrected chi connectivity index (χ3v) is 7.63. The molecule has 47 heavy (non-hydrogen) atoms. The van der Waals surface area contributed by atoms with Crippen LogP contribution in [-0.2, 0) is 0 Å². The standard InChI is InChI=1S/C37H34N6O4/c1-25(39-37(45)33-24-43(29-12-8-5-9-13-29)41-35(33)27-16-20-31(47-3)21-17-27)22-38-36(44)32-23-42(28-10-6-4-7-11-28)40-34(32)26-14-18-30(46-2)19-15-26/h4-21,23-25H,22H2,1-3H3,(H,38,44)(H,39,45)/t25-/m0/s1. The second kappa shape index (κ2) is 13.9. The summed E-state index contributed by atoms with van der Waals surface area (Å²) < 4.78 is 14.0. The van der Waals surface area contributed by atoms with Gasteiger partial charge in [0.05, 0.1) is 36.7 Å². The molecular weight excluding hydrogens is 592 g/mol.